The zero-order valence-electron chi connectivity index (χ0n) is 6.86. The topological polar surface area (TPSA) is 67.5 Å². The molecule has 0 spiro atoms. The lowest BCUT2D eigenvalue weighted by Gasteiger charge is -2.22. The number of nitrogens with one attached hydrogen (secondary N) is 1. The van der Waals surface area contributed by atoms with Gasteiger partial charge in [-0.25, -0.2) is 0 Å². The van der Waals surface area contributed by atoms with Crippen molar-refractivity contribution in [1.82, 2.24) is 0 Å². The van der Waals surface area contributed by atoms with Gasteiger partial charge in [0.15, 0.2) is 0 Å². The van der Waals surface area contributed by atoms with E-state index in [1.54, 1.807) is 17.8 Å². The zero-order valence-corrected chi connectivity index (χ0v) is 7.67. The molecule has 4 N–H and O–H groups in total. The normalized spacial score (nSPS) is 20.3. The van der Waals surface area contributed by atoms with E-state index in [1.165, 1.54) is 0 Å². The Morgan fingerprint density at radius 2 is 2.46 bits per heavy atom. The molecule has 0 saturated heterocycles. The van der Waals surface area contributed by atoms with Gasteiger partial charge in [-0.15, -0.1) is 11.8 Å². The van der Waals surface area contributed by atoms with Crippen LogP contribution in [0.15, 0.2) is 23.1 Å². The molecule has 0 amide bonds. The van der Waals surface area contributed by atoms with Crippen LogP contribution in [0.3, 0.4) is 0 Å². The predicted octanol–water partition coefficient (Wildman–Crippen LogP) is 0.775. The van der Waals surface area contributed by atoms with Gasteiger partial charge in [0.2, 0.25) is 0 Å². The van der Waals surface area contributed by atoms with Gasteiger partial charge in [-0.1, -0.05) is 0 Å². The first-order valence-corrected chi connectivity index (χ1v) is 4.86. The van der Waals surface area contributed by atoms with Gasteiger partial charge in [0.1, 0.15) is 12.0 Å². The van der Waals surface area contributed by atoms with E-state index in [4.69, 9.17) is 5.90 Å². The highest BCUT2D eigenvalue weighted by Crippen LogP contribution is 2.34. The number of nitrogens with two attached hydrogens (primary N) is 1. The van der Waals surface area contributed by atoms with E-state index in [2.05, 4.69) is 10.2 Å². The molecule has 4 nitrogen and oxygen atoms in total. The number of hydrogen-bond donors (Lipinski definition) is 3. The van der Waals surface area contributed by atoms with Crippen LogP contribution < -0.4 is 16.1 Å². The Kier molecular flexibility index (Phi) is 2.30. The van der Waals surface area contributed by atoms with Crippen molar-refractivity contribution in [2.24, 2.45) is 5.90 Å². The molecule has 1 heterocycles. The molecule has 1 aliphatic heterocycles. The summed E-state index contributed by atoms with van der Waals surface area (Å²) in [7, 11) is 0. The highest BCUT2D eigenvalue weighted by molar-refractivity contribution is 7.99. The number of rotatable bonds is 1. The van der Waals surface area contributed by atoms with E-state index < -0.39 is 6.23 Å². The first-order valence-electron chi connectivity index (χ1n) is 3.88. The first kappa shape index (κ1) is 8.68. The van der Waals surface area contributed by atoms with Crippen LogP contribution in [0.2, 0.25) is 0 Å². The predicted molar refractivity (Wildman–Crippen MR) is 51.6 cm³/mol. The summed E-state index contributed by atoms with van der Waals surface area (Å²) in [5, 5.41) is 12.2. The molecule has 5 heteroatoms. The fourth-order valence-electron chi connectivity index (χ4n) is 1.20. The maximum atomic E-state index is 9.29. The molecule has 0 fully saturated rings. The monoisotopic (exact) mass is 198 g/mol. The highest BCUT2D eigenvalue weighted by atomic mass is 32.2. The maximum absolute atomic E-state index is 9.29. The third-order valence-corrected chi connectivity index (χ3v) is 2.94. The summed E-state index contributed by atoms with van der Waals surface area (Å²) in [6, 6.07) is 5.44. The Morgan fingerprint density at radius 3 is 3.23 bits per heavy atom. The third kappa shape index (κ3) is 1.72. The second kappa shape index (κ2) is 3.45. The van der Waals surface area contributed by atoms with Gasteiger partial charge < -0.3 is 15.3 Å². The van der Waals surface area contributed by atoms with Crippen molar-refractivity contribution >= 4 is 17.4 Å². The molecule has 1 atom stereocenters. The molecule has 2 rings (SSSR count). The Hall–Kier alpha value is -0.910. The third-order valence-electron chi connectivity index (χ3n) is 1.81. The second-order valence-corrected chi connectivity index (χ2v) is 3.81. The summed E-state index contributed by atoms with van der Waals surface area (Å²) >= 11 is 1.58. The fraction of sp³-hybridized carbons (Fsp3) is 0.250. The molecular weight excluding hydrogens is 188 g/mol. The minimum Gasteiger partial charge on any atom is -0.411 e. The van der Waals surface area contributed by atoms with E-state index in [0.717, 1.165) is 10.6 Å². The molecule has 1 unspecified atom stereocenters. The van der Waals surface area contributed by atoms with Crippen molar-refractivity contribution in [3.05, 3.63) is 18.2 Å². The number of anilines is 1. The van der Waals surface area contributed by atoms with Gasteiger partial charge in [-0.3, -0.25) is 0 Å². The molecule has 0 radical (unpaired) electrons. The lowest BCUT2D eigenvalue weighted by atomic mass is 10.3. The van der Waals surface area contributed by atoms with Crippen LogP contribution in [0, 0.1) is 0 Å². The van der Waals surface area contributed by atoms with Crippen LogP contribution in [0.25, 0.3) is 0 Å². The Labute approximate surface area is 80.0 Å². The largest absolute Gasteiger partial charge is 0.411 e. The maximum Gasteiger partial charge on any atom is 0.148 e. The molecule has 1 aromatic carbocycles. The summed E-state index contributed by atoms with van der Waals surface area (Å²) in [6.07, 6.45) is -0.470. The summed E-state index contributed by atoms with van der Waals surface area (Å²) in [5.41, 5.74) is 0.921. The summed E-state index contributed by atoms with van der Waals surface area (Å²) in [4.78, 5) is 5.65. The number of hydrogen-bond acceptors (Lipinski definition) is 5. The number of benzene rings is 1. The van der Waals surface area contributed by atoms with Gasteiger partial charge >= 0.3 is 0 Å². The van der Waals surface area contributed by atoms with E-state index in [1.807, 2.05) is 12.1 Å². The number of aliphatic hydroxyl groups is 1. The smallest absolute Gasteiger partial charge is 0.148 e. The van der Waals surface area contributed by atoms with Crippen LogP contribution in [0.1, 0.15) is 0 Å². The highest BCUT2D eigenvalue weighted by Gasteiger charge is 2.15. The Bertz CT molecular complexity index is 319. The standard InChI is InChI=1S/C8H10N2O2S/c9-12-5-1-2-6-7(3-5)13-4-8(11)10-6/h1-3,8,10-11H,4,9H2. The second-order valence-electron chi connectivity index (χ2n) is 2.75. The van der Waals surface area contributed by atoms with Crippen molar-refractivity contribution in [1.29, 1.82) is 0 Å². The number of fused-ring (bicyclic) bond motifs is 1. The minimum atomic E-state index is -0.470. The number of aliphatic hydroxyl groups excluding tert-OH is 1. The lowest BCUT2D eigenvalue weighted by molar-refractivity contribution is 0.227. The van der Waals surface area contributed by atoms with E-state index in [-0.39, 0.29) is 0 Å². The molecule has 13 heavy (non-hydrogen) atoms. The van der Waals surface area contributed by atoms with Gasteiger partial charge in [-0.2, -0.15) is 5.90 Å². The molecule has 0 aromatic heterocycles. The van der Waals surface area contributed by atoms with Gasteiger partial charge in [-0.05, 0) is 18.2 Å². The average Bonchev–Trinajstić information content (AvgIpc) is 2.17. The van der Waals surface area contributed by atoms with Gasteiger partial charge in [0.25, 0.3) is 0 Å². The Balaban J connectivity index is 2.31. The SMILES string of the molecule is NOc1ccc2c(c1)SCC(O)N2. The molecule has 0 aliphatic carbocycles. The first-order chi connectivity index (χ1) is 6.29. The molecule has 70 valence electrons. The fourth-order valence-corrected chi connectivity index (χ4v) is 2.11. The average molecular weight is 198 g/mol. The van der Waals surface area contributed by atoms with Crippen molar-refractivity contribution in [2.45, 2.75) is 11.1 Å². The van der Waals surface area contributed by atoms with E-state index in [9.17, 15) is 5.11 Å². The van der Waals surface area contributed by atoms with Crippen LogP contribution in [0.5, 0.6) is 5.75 Å². The molecule has 0 saturated carbocycles. The lowest BCUT2D eigenvalue weighted by Crippen LogP contribution is -2.24. The number of thioether (sulfide) groups is 1. The van der Waals surface area contributed by atoms with Crippen molar-refractivity contribution < 1.29 is 9.94 Å². The molecule has 0 bridgehead atoms. The molecule has 1 aliphatic rings. The van der Waals surface area contributed by atoms with Crippen LogP contribution >= 0.6 is 11.8 Å². The van der Waals surface area contributed by atoms with E-state index >= 15 is 0 Å². The summed E-state index contributed by atoms with van der Waals surface area (Å²) in [5.74, 6) is 6.30. The summed E-state index contributed by atoms with van der Waals surface area (Å²) < 4.78 is 0. The van der Waals surface area contributed by atoms with Gasteiger partial charge in [0.05, 0.1) is 5.69 Å². The van der Waals surface area contributed by atoms with E-state index in [0.29, 0.717) is 11.5 Å². The molecule has 1 aromatic rings. The minimum absolute atomic E-state index is 0.470. The van der Waals surface area contributed by atoms with Crippen molar-refractivity contribution in [3.63, 3.8) is 0 Å². The Morgan fingerprint density at radius 1 is 1.62 bits per heavy atom. The molecular formula is C8H10N2O2S. The summed E-state index contributed by atoms with van der Waals surface area (Å²) in [6.45, 7) is 0. The zero-order chi connectivity index (χ0) is 9.26. The van der Waals surface area contributed by atoms with Crippen molar-refractivity contribution in [2.75, 3.05) is 11.1 Å². The van der Waals surface area contributed by atoms with Crippen LogP contribution in [-0.2, 0) is 0 Å². The quantitative estimate of drug-likeness (QED) is 0.582. The van der Waals surface area contributed by atoms with Gasteiger partial charge in [0, 0.05) is 10.6 Å². The van der Waals surface area contributed by atoms with Crippen LogP contribution in [0.4, 0.5) is 5.69 Å². The van der Waals surface area contributed by atoms with Crippen LogP contribution in [-0.4, -0.2) is 17.1 Å². The van der Waals surface area contributed by atoms with Crippen molar-refractivity contribution in [3.8, 4) is 5.75 Å².